The van der Waals surface area contributed by atoms with Crippen LogP contribution in [0.25, 0.3) is 33.3 Å². The number of allylic oxidation sites excluding steroid dienone is 1. The molecule has 4 aromatic rings. The topological polar surface area (TPSA) is 86.6 Å². The van der Waals surface area contributed by atoms with E-state index in [-0.39, 0.29) is 0 Å². The number of fused-ring (bicyclic) bond motifs is 2. The number of pyridine rings is 1. The summed E-state index contributed by atoms with van der Waals surface area (Å²) in [6.07, 6.45) is 8.18. The Morgan fingerprint density at radius 3 is 2.86 bits per heavy atom. The molecule has 4 N–H and O–H groups in total. The zero-order chi connectivity index (χ0) is 20.0. The number of hydrogen-bond donors (Lipinski definition) is 3. The molecule has 0 amide bonds. The van der Waals surface area contributed by atoms with Gasteiger partial charge in [-0.05, 0) is 63.1 Å². The second-order valence-corrected chi connectivity index (χ2v) is 8.07. The van der Waals surface area contributed by atoms with Crippen molar-refractivity contribution in [3.05, 3.63) is 53.9 Å². The van der Waals surface area contributed by atoms with Crippen molar-refractivity contribution in [2.24, 2.45) is 0 Å². The molecule has 3 heterocycles. The summed E-state index contributed by atoms with van der Waals surface area (Å²) in [7, 11) is 2.23. The first-order chi connectivity index (χ1) is 14.1. The number of H-pyrrole nitrogens is 2. The van der Waals surface area contributed by atoms with Gasteiger partial charge in [-0.15, -0.1) is 0 Å². The van der Waals surface area contributed by atoms with Gasteiger partial charge in [-0.2, -0.15) is 0 Å². The Balaban J connectivity index is 1.48. The number of nitrogens with one attached hydrogen (secondary N) is 2. The van der Waals surface area contributed by atoms with Crippen LogP contribution in [0.4, 0.5) is 5.82 Å². The lowest BCUT2D eigenvalue weighted by Crippen LogP contribution is -2.31. The van der Waals surface area contributed by atoms with Gasteiger partial charge in [-0.25, -0.2) is 9.97 Å². The monoisotopic (exact) mass is 386 g/mol. The lowest BCUT2D eigenvalue weighted by molar-refractivity contribution is 0.220. The molecule has 1 atom stereocenters. The summed E-state index contributed by atoms with van der Waals surface area (Å²) in [6, 6.07) is 11.4. The van der Waals surface area contributed by atoms with E-state index in [2.05, 4.69) is 68.3 Å². The Hall–Kier alpha value is -3.12. The van der Waals surface area contributed by atoms with E-state index in [0.29, 0.717) is 11.9 Å². The molecule has 0 saturated heterocycles. The van der Waals surface area contributed by atoms with Crippen LogP contribution < -0.4 is 5.73 Å². The summed E-state index contributed by atoms with van der Waals surface area (Å²) in [5, 5.41) is 1.20. The van der Waals surface area contributed by atoms with E-state index in [1.54, 1.807) is 0 Å². The van der Waals surface area contributed by atoms with E-state index < -0.39 is 0 Å². The molecule has 6 heteroatoms. The van der Waals surface area contributed by atoms with Gasteiger partial charge in [0.1, 0.15) is 17.2 Å². The van der Waals surface area contributed by atoms with Crippen molar-refractivity contribution >= 4 is 27.9 Å². The highest BCUT2D eigenvalue weighted by Crippen LogP contribution is 2.31. The van der Waals surface area contributed by atoms with Crippen LogP contribution in [-0.4, -0.2) is 37.9 Å². The first-order valence-electron chi connectivity index (χ1n) is 10.2. The van der Waals surface area contributed by atoms with Crippen molar-refractivity contribution in [3.8, 4) is 11.3 Å². The molecule has 0 fully saturated rings. The highest BCUT2D eigenvalue weighted by Gasteiger charge is 2.16. The maximum absolute atomic E-state index is 6.03. The highest BCUT2D eigenvalue weighted by atomic mass is 15.1. The number of hydrogen-bond acceptors (Lipinski definition) is 4. The number of aromatic nitrogens is 4. The highest BCUT2D eigenvalue weighted by molar-refractivity contribution is 5.95. The van der Waals surface area contributed by atoms with Crippen molar-refractivity contribution in [3.63, 3.8) is 0 Å². The smallest absolute Gasteiger partial charge is 0.160 e. The summed E-state index contributed by atoms with van der Waals surface area (Å²) in [6.45, 7) is 2.89. The number of anilines is 1. The first kappa shape index (κ1) is 17.9. The van der Waals surface area contributed by atoms with Gasteiger partial charge in [0, 0.05) is 34.7 Å². The summed E-state index contributed by atoms with van der Waals surface area (Å²) in [5.41, 5.74) is 12.0. The molecule has 0 bridgehead atoms. The standard InChI is InChI=1S/C23H26N6/c1-14-25-22-18(12-21(24)28-23(22)26-14)20-11-16-10-15(8-9-19(16)27-20)13-29(2)17-6-4-3-5-7-17/h3-4,8-12,17,27H,5-7,13H2,1-2H3,(H3,24,25,26,28). The van der Waals surface area contributed by atoms with Gasteiger partial charge >= 0.3 is 0 Å². The number of nitrogens with two attached hydrogens (primary N) is 1. The normalized spacial score (nSPS) is 17.0. The molecule has 5 rings (SSSR count). The lowest BCUT2D eigenvalue weighted by atomic mass is 10.00. The fourth-order valence-corrected chi connectivity index (χ4v) is 4.35. The molecule has 148 valence electrons. The third-order valence-electron chi connectivity index (χ3n) is 5.86. The predicted octanol–water partition coefficient (Wildman–Crippen LogP) is 4.54. The van der Waals surface area contributed by atoms with Crippen LogP contribution in [0.2, 0.25) is 0 Å². The number of nitrogens with zero attached hydrogens (tertiary/aromatic N) is 3. The quantitative estimate of drug-likeness (QED) is 0.450. The third kappa shape index (κ3) is 3.40. The lowest BCUT2D eigenvalue weighted by Gasteiger charge is -2.29. The fraction of sp³-hybridized carbons (Fsp3) is 0.304. The number of benzene rings is 1. The summed E-state index contributed by atoms with van der Waals surface area (Å²) in [4.78, 5) is 18.1. The molecule has 0 aliphatic heterocycles. The Labute approximate surface area is 169 Å². The molecule has 1 aromatic carbocycles. The van der Waals surface area contributed by atoms with Gasteiger partial charge in [0.2, 0.25) is 0 Å². The fourth-order valence-electron chi connectivity index (χ4n) is 4.35. The van der Waals surface area contributed by atoms with Crippen molar-refractivity contribution in [1.29, 1.82) is 0 Å². The molecular weight excluding hydrogens is 360 g/mol. The third-order valence-corrected chi connectivity index (χ3v) is 5.86. The molecule has 0 radical (unpaired) electrons. The number of aryl methyl sites for hydroxylation is 1. The molecule has 6 nitrogen and oxygen atoms in total. The number of rotatable bonds is 4. The van der Waals surface area contributed by atoms with E-state index in [9.17, 15) is 0 Å². The van der Waals surface area contributed by atoms with E-state index >= 15 is 0 Å². The van der Waals surface area contributed by atoms with Crippen LogP contribution in [0.15, 0.2) is 42.5 Å². The van der Waals surface area contributed by atoms with E-state index in [1.807, 2.05) is 13.0 Å². The summed E-state index contributed by atoms with van der Waals surface area (Å²) >= 11 is 0. The molecule has 29 heavy (non-hydrogen) atoms. The zero-order valence-electron chi connectivity index (χ0n) is 16.9. The van der Waals surface area contributed by atoms with Crippen LogP contribution in [-0.2, 0) is 6.54 Å². The largest absolute Gasteiger partial charge is 0.384 e. The molecule has 1 aliphatic rings. The van der Waals surface area contributed by atoms with Crippen molar-refractivity contribution in [2.45, 2.75) is 38.8 Å². The first-order valence-corrected chi connectivity index (χ1v) is 10.2. The van der Waals surface area contributed by atoms with Crippen molar-refractivity contribution in [2.75, 3.05) is 12.8 Å². The van der Waals surface area contributed by atoms with Gasteiger partial charge in [0.05, 0.1) is 0 Å². The molecule has 3 aromatic heterocycles. The minimum absolute atomic E-state index is 0.485. The maximum atomic E-state index is 6.03. The molecule has 1 aliphatic carbocycles. The minimum Gasteiger partial charge on any atom is -0.384 e. The van der Waals surface area contributed by atoms with Crippen LogP contribution in [0.3, 0.4) is 0 Å². The summed E-state index contributed by atoms with van der Waals surface area (Å²) < 4.78 is 0. The molecule has 1 unspecified atom stereocenters. The number of nitrogen functional groups attached to an aromatic ring is 1. The zero-order valence-corrected chi connectivity index (χ0v) is 16.9. The van der Waals surface area contributed by atoms with Gasteiger partial charge in [0.15, 0.2) is 5.65 Å². The van der Waals surface area contributed by atoms with Crippen LogP contribution in [0.5, 0.6) is 0 Å². The van der Waals surface area contributed by atoms with Gasteiger partial charge in [-0.1, -0.05) is 18.2 Å². The average Bonchev–Trinajstić information content (AvgIpc) is 3.30. The number of aromatic amines is 2. The van der Waals surface area contributed by atoms with Crippen LogP contribution in [0.1, 0.15) is 30.7 Å². The summed E-state index contributed by atoms with van der Waals surface area (Å²) in [5.74, 6) is 1.32. The van der Waals surface area contributed by atoms with E-state index in [4.69, 9.17) is 5.73 Å². The Kier molecular flexibility index (Phi) is 4.36. The average molecular weight is 387 g/mol. The predicted molar refractivity (Wildman–Crippen MR) is 119 cm³/mol. The van der Waals surface area contributed by atoms with Crippen molar-refractivity contribution < 1.29 is 0 Å². The van der Waals surface area contributed by atoms with E-state index in [0.717, 1.165) is 46.7 Å². The molecular formula is C23H26N6. The second kappa shape index (κ2) is 7.04. The van der Waals surface area contributed by atoms with E-state index in [1.165, 1.54) is 23.8 Å². The van der Waals surface area contributed by atoms with Gasteiger partial charge in [-0.3, -0.25) is 4.90 Å². The van der Waals surface area contributed by atoms with Crippen LogP contribution in [0, 0.1) is 6.92 Å². The molecule has 0 spiro atoms. The SMILES string of the molecule is Cc1nc2c(-c3cc4cc(CN(C)C5CC=CCC5)ccc4[nH]3)cc(N)nc2[nH]1. The second-order valence-electron chi connectivity index (χ2n) is 8.07. The van der Waals surface area contributed by atoms with Gasteiger partial charge in [0.25, 0.3) is 0 Å². The minimum atomic E-state index is 0.485. The van der Waals surface area contributed by atoms with Gasteiger partial charge < -0.3 is 15.7 Å². The number of imidazole rings is 1. The van der Waals surface area contributed by atoms with Crippen LogP contribution >= 0.6 is 0 Å². The Morgan fingerprint density at radius 1 is 1.14 bits per heavy atom. The maximum Gasteiger partial charge on any atom is 0.160 e. The molecule has 0 saturated carbocycles. The Bertz CT molecular complexity index is 1220. The Morgan fingerprint density at radius 2 is 2.03 bits per heavy atom. The van der Waals surface area contributed by atoms with Crippen molar-refractivity contribution in [1.82, 2.24) is 24.8 Å².